The third kappa shape index (κ3) is 2.20. The first kappa shape index (κ1) is 17.7. The molecule has 1 aliphatic carbocycles. The van der Waals surface area contributed by atoms with Crippen molar-refractivity contribution in [2.75, 3.05) is 6.61 Å². The normalized spacial score (nSPS) is 24.2. The van der Waals surface area contributed by atoms with E-state index in [-0.39, 0.29) is 29.2 Å². The minimum atomic E-state index is -4.77. The molecule has 0 radical (unpaired) electrons. The van der Waals surface area contributed by atoms with Gasteiger partial charge in [-0.2, -0.15) is 22.8 Å². The van der Waals surface area contributed by atoms with Gasteiger partial charge < -0.3 is 14.6 Å². The highest BCUT2D eigenvalue weighted by atomic mass is 19.3. The molecule has 0 fully saturated rings. The van der Waals surface area contributed by atoms with Crippen LogP contribution in [-0.2, 0) is 22.9 Å². The van der Waals surface area contributed by atoms with Crippen molar-refractivity contribution < 1.29 is 36.5 Å². The van der Waals surface area contributed by atoms with Crippen LogP contribution in [0.5, 0.6) is 11.5 Å². The lowest BCUT2D eigenvalue weighted by molar-refractivity contribution is -0.299. The standard InChI is InChI=1S/C18H10F5NO3/c19-10-3-9(6-24)4-11(5-10)27-14-2-1-13-15-12(14)7-26-8-16(15,25)18(22,23)17(13,20)21/h1-5,25H,7-8H2. The Morgan fingerprint density at radius 1 is 1.15 bits per heavy atom. The van der Waals surface area contributed by atoms with E-state index < -0.39 is 41.0 Å². The van der Waals surface area contributed by atoms with Crippen molar-refractivity contribution in [1.82, 2.24) is 0 Å². The van der Waals surface area contributed by atoms with Crippen LogP contribution in [0.25, 0.3) is 0 Å². The molecule has 1 atom stereocenters. The summed E-state index contributed by atoms with van der Waals surface area (Å²) in [5.74, 6) is -10.4. The Morgan fingerprint density at radius 3 is 2.59 bits per heavy atom. The van der Waals surface area contributed by atoms with Gasteiger partial charge >= 0.3 is 11.8 Å². The number of nitriles is 1. The van der Waals surface area contributed by atoms with Crippen LogP contribution >= 0.6 is 0 Å². The molecule has 0 saturated heterocycles. The summed E-state index contributed by atoms with van der Waals surface area (Å²) in [7, 11) is 0. The van der Waals surface area contributed by atoms with Gasteiger partial charge in [0.1, 0.15) is 17.3 Å². The minimum Gasteiger partial charge on any atom is -0.457 e. The molecule has 27 heavy (non-hydrogen) atoms. The molecule has 0 amide bonds. The summed E-state index contributed by atoms with van der Waals surface area (Å²) in [5, 5.41) is 19.2. The van der Waals surface area contributed by atoms with Crippen LogP contribution in [-0.4, -0.2) is 17.6 Å². The van der Waals surface area contributed by atoms with Crippen LogP contribution in [0, 0.1) is 17.1 Å². The number of ether oxygens (including phenoxy) is 2. The third-order valence-electron chi connectivity index (χ3n) is 4.72. The van der Waals surface area contributed by atoms with Crippen molar-refractivity contribution in [2.24, 2.45) is 0 Å². The first-order valence-electron chi connectivity index (χ1n) is 7.73. The molecule has 2 aromatic carbocycles. The van der Waals surface area contributed by atoms with Gasteiger partial charge in [0, 0.05) is 22.8 Å². The summed E-state index contributed by atoms with van der Waals surface area (Å²) in [6.45, 7) is -1.36. The molecule has 140 valence electrons. The fraction of sp³-hybridized carbons (Fsp3) is 0.278. The van der Waals surface area contributed by atoms with Crippen LogP contribution in [0.2, 0.25) is 0 Å². The highest BCUT2D eigenvalue weighted by Gasteiger charge is 2.77. The zero-order chi connectivity index (χ0) is 19.6. The molecule has 4 rings (SSSR count). The average Bonchev–Trinajstić information content (AvgIpc) is 2.72. The minimum absolute atomic E-state index is 0.0503. The van der Waals surface area contributed by atoms with Gasteiger partial charge in [-0.1, -0.05) is 0 Å². The van der Waals surface area contributed by atoms with Crippen LogP contribution in [0.15, 0.2) is 30.3 Å². The zero-order valence-corrected chi connectivity index (χ0v) is 13.4. The fourth-order valence-corrected chi connectivity index (χ4v) is 3.46. The van der Waals surface area contributed by atoms with Crippen molar-refractivity contribution in [3.63, 3.8) is 0 Å². The topological polar surface area (TPSA) is 62.5 Å². The summed E-state index contributed by atoms with van der Waals surface area (Å²) in [6.07, 6.45) is 0. The van der Waals surface area contributed by atoms with E-state index in [0.717, 1.165) is 24.3 Å². The quantitative estimate of drug-likeness (QED) is 0.798. The Kier molecular flexibility index (Phi) is 3.54. The molecule has 0 bridgehead atoms. The van der Waals surface area contributed by atoms with E-state index in [1.165, 1.54) is 6.07 Å². The summed E-state index contributed by atoms with van der Waals surface area (Å²) >= 11 is 0. The largest absolute Gasteiger partial charge is 0.457 e. The van der Waals surface area contributed by atoms with Gasteiger partial charge in [-0.25, -0.2) is 4.39 Å². The molecule has 0 aromatic heterocycles. The second-order valence-electron chi connectivity index (χ2n) is 6.36. The molecule has 4 nitrogen and oxygen atoms in total. The molecular weight excluding hydrogens is 373 g/mol. The van der Waals surface area contributed by atoms with Gasteiger partial charge in [-0.05, 0) is 24.3 Å². The van der Waals surface area contributed by atoms with Crippen LogP contribution in [0.3, 0.4) is 0 Å². The summed E-state index contributed by atoms with van der Waals surface area (Å²) < 4.78 is 81.0. The highest BCUT2D eigenvalue weighted by molar-refractivity contribution is 5.57. The van der Waals surface area contributed by atoms with E-state index in [0.29, 0.717) is 0 Å². The number of aliphatic hydroxyl groups is 1. The molecule has 1 heterocycles. The predicted octanol–water partition coefficient (Wildman–Crippen LogP) is 3.95. The first-order chi connectivity index (χ1) is 12.6. The Hall–Kier alpha value is -2.70. The van der Waals surface area contributed by atoms with E-state index in [4.69, 9.17) is 14.7 Å². The fourth-order valence-electron chi connectivity index (χ4n) is 3.46. The van der Waals surface area contributed by atoms with E-state index in [2.05, 4.69) is 0 Å². The van der Waals surface area contributed by atoms with Gasteiger partial charge in [0.2, 0.25) is 0 Å². The monoisotopic (exact) mass is 383 g/mol. The number of hydrogen-bond acceptors (Lipinski definition) is 4. The predicted molar refractivity (Wildman–Crippen MR) is 80.0 cm³/mol. The van der Waals surface area contributed by atoms with Gasteiger partial charge in [0.15, 0.2) is 5.60 Å². The second kappa shape index (κ2) is 5.41. The van der Waals surface area contributed by atoms with Crippen LogP contribution in [0.1, 0.15) is 22.3 Å². The Morgan fingerprint density at radius 2 is 1.89 bits per heavy atom. The number of alkyl halides is 4. The van der Waals surface area contributed by atoms with Crippen molar-refractivity contribution in [2.45, 2.75) is 24.1 Å². The van der Waals surface area contributed by atoms with E-state index in [1.54, 1.807) is 6.07 Å². The molecule has 0 saturated carbocycles. The Balaban J connectivity index is 1.87. The third-order valence-corrected chi connectivity index (χ3v) is 4.72. The molecule has 1 N–H and O–H groups in total. The van der Waals surface area contributed by atoms with Gasteiger partial charge in [0.25, 0.3) is 0 Å². The molecule has 1 aliphatic heterocycles. The number of hydrogen-bond donors (Lipinski definition) is 1. The maximum Gasteiger partial charge on any atom is 0.348 e. The van der Waals surface area contributed by atoms with E-state index >= 15 is 0 Å². The van der Waals surface area contributed by atoms with Gasteiger partial charge in [0.05, 0.1) is 24.8 Å². The number of benzene rings is 2. The number of halogens is 5. The number of nitrogens with zero attached hydrogens (tertiary/aromatic N) is 1. The van der Waals surface area contributed by atoms with Crippen molar-refractivity contribution in [3.8, 4) is 17.6 Å². The maximum absolute atomic E-state index is 14.3. The molecular formula is C18H10F5NO3. The lowest BCUT2D eigenvalue weighted by Gasteiger charge is -2.35. The SMILES string of the molecule is N#Cc1cc(F)cc(Oc2ccc3c4c2COCC4(O)C(F)(F)C3(F)F)c1. The average molecular weight is 383 g/mol. The summed E-state index contributed by atoms with van der Waals surface area (Å²) in [6, 6.07) is 6.60. The van der Waals surface area contributed by atoms with Crippen LogP contribution in [0.4, 0.5) is 22.0 Å². The Labute approximate surface area is 149 Å². The number of rotatable bonds is 2. The molecule has 1 unspecified atom stereocenters. The highest BCUT2D eigenvalue weighted by Crippen LogP contribution is 2.63. The second-order valence-corrected chi connectivity index (χ2v) is 6.36. The molecule has 9 heteroatoms. The lowest BCUT2D eigenvalue weighted by atomic mass is 9.88. The van der Waals surface area contributed by atoms with Crippen molar-refractivity contribution >= 4 is 0 Å². The Bertz CT molecular complexity index is 1000. The van der Waals surface area contributed by atoms with E-state index in [9.17, 15) is 27.1 Å². The molecule has 2 aliphatic rings. The zero-order valence-electron chi connectivity index (χ0n) is 13.4. The smallest absolute Gasteiger partial charge is 0.348 e. The first-order valence-corrected chi connectivity index (χ1v) is 7.73. The van der Waals surface area contributed by atoms with Crippen molar-refractivity contribution in [1.29, 1.82) is 5.26 Å². The van der Waals surface area contributed by atoms with Gasteiger partial charge in [-0.3, -0.25) is 0 Å². The van der Waals surface area contributed by atoms with Crippen LogP contribution < -0.4 is 4.74 Å². The molecule has 0 spiro atoms. The summed E-state index contributed by atoms with van der Waals surface area (Å²) in [5.41, 5.74) is -5.08. The van der Waals surface area contributed by atoms with Gasteiger partial charge in [-0.15, -0.1) is 0 Å². The van der Waals surface area contributed by atoms with E-state index in [1.807, 2.05) is 0 Å². The summed E-state index contributed by atoms with van der Waals surface area (Å²) in [4.78, 5) is 0. The molecule has 2 aromatic rings. The lowest BCUT2D eigenvalue weighted by Crippen LogP contribution is -2.52. The maximum atomic E-state index is 14.3. The van der Waals surface area contributed by atoms with Crippen molar-refractivity contribution in [3.05, 3.63) is 58.4 Å².